The van der Waals surface area contributed by atoms with Crippen molar-refractivity contribution in [3.8, 4) is 5.69 Å². The fourth-order valence-corrected chi connectivity index (χ4v) is 2.55. The third-order valence-electron chi connectivity index (χ3n) is 3.69. The molecule has 4 rings (SSSR count). The van der Waals surface area contributed by atoms with Gasteiger partial charge in [0.2, 0.25) is 0 Å². The van der Waals surface area contributed by atoms with E-state index < -0.39 is 6.10 Å². The highest BCUT2D eigenvalue weighted by Gasteiger charge is 2.27. The van der Waals surface area contributed by atoms with E-state index in [-0.39, 0.29) is 19.1 Å². The zero-order chi connectivity index (χ0) is 15.8. The Hall–Kier alpha value is -2.77. The zero-order valence-corrected chi connectivity index (χ0v) is 12.2. The smallest absolute Gasteiger partial charge is 0.279 e. The molecule has 7 nitrogen and oxygen atoms in total. The third-order valence-corrected chi connectivity index (χ3v) is 3.69. The summed E-state index contributed by atoms with van der Waals surface area (Å²) in [5.41, 5.74) is 2.63. The van der Waals surface area contributed by atoms with E-state index >= 15 is 0 Å². The van der Waals surface area contributed by atoms with Crippen LogP contribution in [-0.2, 0) is 4.84 Å². The Bertz CT molecular complexity index is 862. The quantitative estimate of drug-likeness (QED) is 0.768. The number of nitrogens with zero attached hydrogens (tertiary/aromatic N) is 4. The van der Waals surface area contributed by atoms with Crippen LogP contribution in [0.15, 0.2) is 48.9 Å². The van der Waals surface area contributed by atoms with Crippen molar-refractivity contribution in [3.05, 3.63) is 54.5 Å². The largest absolute Gasteiger partial charge is 0.389 e. The molecule has 0 aliphatic carbocycles. The van der Waals surface area contributed by atoms with Crippen molar-refractivity contribution in [1.82, 2.24) is 19.6 Å². The van der Waals surface area contributed by atoms with Crippen molar-refractivity contribution < 1.29 is 14.7 Å². The highest BCUT2D eigenvalue weighted by Crippen LogP contribution is 2.19. The number of carbonyl (C=O) groups is 1. The van der Waals surface area contributed by atoms with Crippen molar-refractivity contribution in [2.24, 2.45) is 0 Å². The number of imidazole rings is 1. The lowest BCUT2D eigenvalue weighted by Crippen LogP contribution is -2.28. The Kier molecular flexibility index (Phi) is 3.29. The summed E-state index contributed by atoms with van der Waals surface area (Å²) < 4.78 is 1.86. The van der Waals surface area contributed by atoms with Crippen LogP contribution in [0.2, 0.25) is 0 Å². The molecule has 0 bridgehead atoms. The summed E-state index contributed by atoms with van der Waals surface area (Å²) in [4.78, 5) is 26.2. The van der Waals surface area contributed by atoms with Gasteiger partial charge in [0.1, 0.15) is 24.6 Å². The first-order chi connectivity index (χ1) is 11.2. The first kappa shape index (κ1) is 13.9. The average molecular weight is 310 g/mol. The minimum Gasteiger partial charge on any atom is -0.389 e. The highest BCUT2D eigenvalue weighted by molar-refractivity contribution is 5.96. The number of pyridine rings is 1. The van der Waals surface area contributed by atoms with Gasteiger partial charge >= 0.3 is 0 Å². The van der Waals surface area contributed by atoms with Gasteiger partial charge in [0.25, 0.3) is 5.91 Å². The van der Waals surface area contributed by atoms with Gasteiger partial charge in [-0.05, 0) is 18.2 Å². The highest BCUT2D eigenvalue weighted by atomic mass is 16.7. The molecule has 0 radical (unpaired) electrons. The molecule has 0 spiro atoms. The number of hydroxylamine groups is 2. The minimum atomic E-state index is -0.645. The monoisotopic (exact) mass is 310 g/mol. The van der Waals surface area contributed by atoms with Gasteiger partial charge < -0.3 is 5.11 Å². The summed E-state index contributed by atoms with van der Waals surface area (Å²) in [6, 6.07) is 11.4. The SMILES string of the molecule is O=C(c1cnc2c(c1)ncn2-c1ccccc1)N1CC(O)CO1. The standard InChI is InChI=1S/C16H14N4O3/c21-13-8-20(23-9-13)16(22)11-6-14-15(17-7-11)19(10-18-14)12-4-2-1-3-5-12/h1-7,10,13,21H,8-9H2. The van der Waals surface area contributed by atoms with Crippen molar-refractivity contribution in [2.45, 2.75) is 6.10 Å². The van der Waals surface area contributed by atoms with Gasteiger partial charge in [-0.1, -0.05) is 18.2 Å². The fraction of sp³-hybridized carbons (Fsp3) is 0.188. The van der Waals surface area contributed by atoms with E-state index in [1.807, 2.05) is 34.9 Å². The fourth-order valence-electron chi connectivity index (χ4n) is 2.55. The van der Waals surface area contributed by atoms with Crippen LogP contribution in [0, 0.1) is 0 Å². The van der Waals surface area contributed by atoms with Crippen LogP contribution in [0.3, 0.4) is 0 Å². The van der Waals surface area contributed by atoms with Gasteiger partial charge in [-0.3, -0.25) is 14.2 Å². The molecule has 3 aromatic rings. The summed E-state index contributed by atoms with van der Waals surface area (Å²) in [5.74, 6) is -0.329. The van der Waals surface area contributed by atoms with Gasteiger partial charge in [-0.25, -0.2) is 15.0 Å². The Balaban J connectivity index is 1.69. The van der Waals surface area contributed by atoms with Crippen molar-refractivity contribution in [2.75, 3.05) is 13.2 Å². The lowest BCUT2D eigenvalue weighted by Gasteiger charge is -2.13. The molecule has 1 amide bonds. The Morgan fingerprint density at radius 3 is 2.83 bits per heavy atom. The van der Waals surface area contributed by atoms with Gasteiger partial charge in [0.15, 0.2) is 5.65 Å². The number of carbonyl (C=O) groups excluding carboxylic acids is 1. The predicted molar refractivity (Wildman–Crippen MR) is 81.9 cm³/mol. The van der Waals surface area contributed by atoms with Crippen molar-refractivity contribution in [3.63, 3.8) is 0 Å². The molecular weight excluding hydrogens is 296 g/mol. The molecule has 1 aliphatic heterocycles. The summed E-state index contributed by atoms with van der Waals surface area (Å²) in [6.07, 6.45) is 2.53. The molecule has 1 unspecified atom stereocenters. The number of hydrogen-bond donors (Lipinski definition) is 1. The van der Waals surface area contributed by atoms with Crippen LogP contribution >= 0.6 is 0 Å². The molecule has 1 aliphatic rings. The van der Waals surface area contributed by atoms with Gasteiger partial charge in [0, 0.05) is 11.9 Å². The van der Waals surface area contributed by atoms with Crippen LogP contribution < -0.4 is 0 Å². The van der Waals surface area contributed by atoms with E-state index in [1.54, 1.807) is 12.4 Å². The molecule has 23 heavy (non-hydrogen) atoms. The molecule has 1 aromatic carbocycles. The number of aliphatic hydroxyl groups excluding tert-OH is 1. The van der Waals surface area contributed by atoms with E-state index in [0.29, 0.717) is 16.7 Å². The Labute approximate surface area is 131 Å². The molecular formula is C16H14N4O3. The second kappa shape index (κ2) is 5.45. The Morgan fingerprint density at radius 2 is 2.09 bits per heavy atom. The maximum absolute atomic E-state index is 12.3. The topological polar surface area (TPSA) is 80.5 Å². The van der Waals surface area contributed by atoms with Crippen LogP contribution in [0.1, 0.15) is 10.4 Å². The normalized spacial score (nSPS) is 17.8. The number of amides is 1. The first-order valence-corrected chi connectivity index (χ1v) is 7.24. The first-order valence-electron chi connectivity index (χ1n) is 7.24. The lowest BCUT2D eigenvalue weighted by atomic mass is 10.2. The Morgan fingerprint density at radius 1 is 1.26 bits per heavy atom. The van der Waals surface area contributed by atoms with Gasteiger partial charge in [-0.15, -0.1) is 0 Å². The van der Waals surface area contributed by atoms with Gasteiger partial charge in [0.05, 0.1) is 12.1 Å². The number of para-hydroxylation sites is 1. The predicted octanol–water partition coefficient (Wildman–Crippen LogP) is 1.17. The molecule has 0 saturated carbocycles. The summed E-state index contributed by atoms with van der Waals surface area (Å²) in [5, 5.41) is 10.6. The minimum absolute atomic E-state index is 0.129. The van der Waals surface area contributed by atoms with Crippen LogP contribution in [-0.4, -0.2) is 49.9 Å². The number of hydrogen-bond acceptors (Lipinski definition) is 5. The second-order valence-electron chi connectivity index (χ2n) is 5.33. The molecule has 7 heteroatoms. The van der Waals surface area contributed by atoms with E-state index in [2.05, 4.69) is 9.97 Å². The van der Waals surface area contributed by atoms with E-state index in [9.17, 15) is 9.90 Å². The maximum Gasteiger partial charge on any atom is 0.279 e. The molecule has 1 fully saturated rings. The van der Waals surface area contributed by atoms with E-state index in [0.717, 1.165) is 10.8 Å². The summed E-state index contributed by atoms with van der Waals surface area (Å²) >= 11 is 0. The van der Waals surface area contributed by atoms with E-state index in [1.165, 1.54) is 6.20 Å². The summed E-state index contributed by atoms with van der Waals surface area (Å²) in [7, 11) is 0. The lowest BCUT2D eigenvalue weighted by molar-refractivity contribution is -0.0779. The molecule has 1 saturated heterocycles. The van der Waals surface area contributed by atoms with E-state index in [4.69, 9.17) is 4.84 Å². The maximum atomic E-state index is 12.3. The van der Waals surface area contributed by atoms with Gasteiger partial charge in [-0.2, -0.15) is 0 Å². The third kappa shape index (κ3) is 2.45. The number of fused-ring (bicyclic) bond motifs is 1. The number of benzene rings is 1. The van der Waals surface area contributed by atoms with Crippen molar-refractivity contribution >= 4 is 17.1 Å². The number of β-amino-alcohol motifs (C(OH)–C–C–N with tert-alkyl or cyclic N) is 1. The van der Waals surface area contributed by atoms with Crippen LogP contribution in [0.4, 0.5) is 0 Å². The average Bonchev–Trinajstić information content (AvgIpc) is 3.20. The molecule has 1 atom stereocenters. The molecule has 2 aromatic heterocycles. The number of rotatable bonds is 2. The zero-order valence-electron chi connectivity index (χ0n) is 12.2. The molecule has 3 heterocycles. The van der Waals surface area contributed by atoms with Crippen LogP contribution in [0.5, 0.6) is 0 Å². The number of aromatic nitrogens is 3. The number of aliphatic hydroxyl groups is 1. The molecule has 116 valence electrons. The summed E-state index contributed by atoms with van der Waals surface area (Å²) in [6.45, 7) is 0.291. The second-order valence-corrected chi connectivity index (χ2v) is 5.33. The molecule has 1 N–H and O–H groups in total. The van der Waals surface area contributed by atoms with Crippen molar-refractivity contribution in [1.29, 1.82) is 0 Å². The van der Waals surface area contributed by atoms with Crippen LogP contribution in [0.25, 0.3) is 16.9 Å².